The van der Waals surface area contributed by atoms with Crippen LogP contribution in [0.3, 0.4) is 0 Å². The second kappa shape index (κ2) is 7.36. The van der Waals surface area contributed by atoms with Gasteiger partial charge in [0.1, 0.15) is 11.9 Å². The molecule has 3 rings (SSSR count). The third kappa shape index (κ3) is 3.68. The van der Waals surface area contributed by atoms with Gasteiger partial charge in [-0.1, -0.05) is 18.2 Å². The van der Waals surface area contributed by atoms with Gasteiger partial charge in [-0.05, 0) is 42.8 Å². The van der Waals surface area contributed by atoms with Crippen LogP contribution in [0.5, 0.6) is 5.75 Å². The van der Waals surface area contributed by atoms with Crippen LogP contribution in [-0.2, 0) is 0 Å². The Kier molecular flexibility index (Phi) is 5.01. The summed E-state index contributed by atoms with van der Waals surface area (Å²) in [4.78, 5) is 13.8. The molecule has 0 unspecified atom stereocenters. The molecule has 24 heavy (non-hydrogen) atoms. The molecule has 0 spiro atoms. The van der Waals surface area contributed by atoms with Crippen LogP contribution in [0.25, 0.3) is 0 Å². The summed E-state index contributed by atoms with van der Waals surface area (Å²) < 4.78 is 6.14. The molecule has 0 atom stereocenters. The summed E-state index contributed by atoms with van der Waals surface area (Å²) in [5.41, 5.74) is 5.01. The van der Waals surface area contributed by atoms with Crippen LogP contribution in [0.2, 0.25) is 0 Å². The number of nitrogens with two attached hydrogens (primary N) is 1. The number of para-hydroxylation sites is 1. The van der Waals surface area contributed by atoms with Crippen LogP contribution in [0.4, 0.5) is 5.69 Å². The Morgan fingerprint density at radius 1 is 1.12 bits per heavy atom. The highest BCUT2D eigenvalue weighted by Crippen LogP contribution is 2.25. The zero-order valence-electron chi connectivity index (χ0n) is 13.9. The van der Waals surface area contributed by atoms with Gasteiger partial charge in [-0.2, -0.15) is 0 Å². The predicted octanol–water partition coefficient (Wildman–Crippen LogP) is 2.65. The maximum Gasteiger partial charge on any atom is 0.265 e. The lowest BCUT2D eigenvalue weighted by Gasteiger charge is -2.34. The Balaban J connectivity index is 1.57. The summed E-state index contributed by atoms with van der Waals surface area (Å²) in [7, 11) is 0. The van der Waals surface area contributed by atoms with Gasteiger partial charge >= 0.3 is 0 Å². The first-order valence-corrected chi connectivity index (χ1v) is 8.25. The highest BCUT2D eigenvalue weighted by atomic mass is 16.5. The zero-order valence-corrected chi connectivity index (χ0v) is 13.9. The van der Waals surface area contributed by atoms with Crippen molar-refractivity contribution >= 4 is 11.6 Å². The highest BCUT2D eigenvalue weighted by Gasteiger charge is 2.21. The van der Waals surface area contributed by atoms with Gasteiger partial charge in [0.25, 0.3) is 5.91 Å². The van der Waals surface area contributed by atoms with Gasteiger partial charge in [-0.25, -0.2) is 5.84 Å². The third-order valence-electron chi connectivity index (χ3n) is 4.45. The molecule has 1 saturated heterocycles. The van der Waals surface area contributed by atoms with Crippen LogP contribution in [0.1, 0.15) is 28.8 Å². The van der Waals surface area contributed by atoms with E-state index < -0.39 is 0 Å². The molecule has 0 aromatic heterocycles. The second-order valence-electron chi connectivity index (χ2n) is 6.09. The predicted molar refractivity (Wildman–Crippen MR) is 95.1 cm³/mol. The van der Waals surface area contributed by atoms with Gasteiger partial charge in [0.05, 0.1) is 0 Å². The van der Waals surface area contributed by atoms with Crippen LogP contribution >= 0.6 is 0 Å². The fourth-order valence-electron chi connectivity index (χ4n) is 3.01. The molecule has 0 saturated carbocycles. The number of nitrogen functional groups attached to an aromatic ring is 1. The quantitative estimate of drug-likeness (QED) is 0.515. The van der Waals surface area contributed by atoms with E-state index in [4.69, 9.17) is 10.6 Å². The van der Waals surface area contributed by atoms with Gasteiger partial charge in [0, 0.05) is 37.2 Å². The van der Waals surface area contributed by atoms with Crippen molar-refractivity contribution in [3.8, 4) is 5.75 Å². The second-order valence-corrected chi connectivity index (χ2v) is 6.09. The number of rotatable bonds is 4. The molecule has 2 aromatic rings. The molecule has 1 heterocycles. The van der Waals surface area contributed by atoms with Crippen molar-refractivity contribution in [1.82, 2.24) is 5.43 Å². The van der Waals surface area contributed by atoms with E-state index in [1.165, 1.54) is 5.56 Å². The molecule has 3 N–H and O–H groups in total. The zero-order chi connectivity index (χ0) is 16.9. The number of ether oxygens (including phenoxy) is 1. The fraction of sp³-hybridized carbons (Fsp3) is 0.316. The van der Waals surface area contributed by atoms with Gasteiger partial charge < -0.3 is 9.64 Å². The molecule has 1 aliphatic heterocycles. The number of amides is 1. The van der Waals surface area contributed by atoms with E-state index in [9.17, 15) is 4.79 Å². The van der Waals surface area contributed by atoms with Crippen molar-refractivity contribution in [2.24, 2.45) is 5.84 Å². The molecule has 0 aliphatic carbocycles. The molecule has 5 heteroatoms. The standard InChI is InChI=1S/C19H23N3O2/c1-14-4-2-3-5-18(14)24-17-10-12-22(13-11-17)16-8-6-15(7-9-16)19(23)21-20/h2-9,17H,10-13,20H2,1H3,(H,21,23). The topological polar surface area (TPSA) is 67.6 Å². The van der Waals surface area contributed by atoms with E-state index in [0.29, 0.717) is 5.56 Å². The van der Waals surface area contributed by atoms with Crippen molar-refractivity contribution in [3.05, 3.63) is 59.7 Å². The third-order valence-corrected chi connectivity index (χ3v) is 4.45. The first-order chi connectivity index (χ1) is 11.7. The maximum absolute atomic E-state index is 11.5. The van der Waals surface area contributed by atoms with E-state index in [2.05, 4.69) is 23.3 Å². The number of nitrogens with one attached hydrogen (secondary N) is 1. The minimum absolute atomic E-state index is 0.254. The summed E-state index contributed by atoms with van der Waals surface area (Å²) in [6.07, 6.45) is 2.23. The number of anilines is 1. The van der Waals surface area contributed by atoms with E-state index in [-0.39, 0.29) is 12.0 Å². The lowest BCUT2D eigenvalue weighted by Crippen LogP contribution is -2.38. The van der Waals surface area contributed by atoms with Gasteiger partial charge in [0.2, 0.25) is 0 Å². The minimum Gasteiger partial charge on any atom is -0.490 e. The first-order valence-electron chi connectivity index (χ1n) is 8.25. The Hall–Kier alpha value is -2.53. The number of benzene rings is 2. The Labute approximate surface area is 142 Å². The summed E-state index contributed by atoms with van der Waals surface area (Å²) in [6.45, 7) is 3.96. The van der Waals surface area contributed by atoms with E-state index in [0.717, 1.165) is 37.4 Å². The number of piperidine rings is 1. The van der Waals surface area contributed by atoms with E-state index in [1.807, 2.05) is 30.3 Å². The molecule has 126 valence electrons. The summed E-state index contributed by atoms with van der Waals surface area (Å²) in [6, 6.07) is 15.7. The molecular formula is C19H23N3O2. The Morgan fingerprint density at radius 3 is 2.42 bits per heavy atom. The molecule has 0 bridgehead atoms. The lowest BCUT2D eigenvalue weighted by atomic mass is 10.1. The molecule has 0 radical (unpaired) electrons. The van der Waals surface area contributed by atoms with E-state index >= 15 is 0 Å². The smallest absolute Gasteiger partial charge is 0.265 e. The van der Waals surface area contributed by atoms with E-state index in [1.54, 1.807) is 12.1 Å². The number of hydrazine groups is 1. The molecule has 1 amide bonds. The number of nitrogens with zero attached hydrogens (tertiary/aromatic N) is 1. The fourth-order valence-corrected chi connectivity index (χ4v) is 3.01. The Morgan fingerprint density at radius 2 is 1.79 bits per heavy atom. The molecule has 5 nitrogen and oxygen atoms in total. The lowest BCUT2D eigenvalue weighted by molar-refractivity contribution is 0.0953. The van der Waals surface area contributed by atoms with Crippen LogP contribution in [0.15, 0.2) is 48.5 Å². The van der Waals surface area contributed by atoms with Gasteiger partial charge in [-0.15, -0.1) is 0 Å². The average Bonchev–Trinajstić information content (AvgIpc) is 2.64. The normalized spacial score (nSPS) is 15.2. The molecule has 1 fully saturated rings. The van der Waals surface area contributed by atoms with Crippen LogP contribution < -0.4 is 20.9 Å². The Bertz CT molecular complexity index is 692. The minimum atomic E-state index is -0.271. The highest BCUT2D eigenvalue weighted by molar-refractivity contribution is 5.94. The van der Waals surface area contributed by atoms with Crippen LogP contribution in [0, 0.1) is 6.92 Å². The van der Waals surface area contributed by atoms with Gasteiger partial charge in [-0.3, -0.25) is 10.2 Å². The molecule has 2 aromatic carbocycles. The van der Waals surface area contributed by atoms with Gasteiger partial charge in [0.15, 0.2) is 0 Å². The van der Waals surface area contributed by atoms with Crippen LogP contribution in [-0.4, -0.2) is 25.1 Å². The monoisotopic (exact) mass is 325 g/mol. The number of carbonyl (C=O) groups is 1. The van der Waals surface area contributed by atoms with Crippen molar-refractivity contribution in [1.29, 1.82) is 0 Å². The van der Waals surface area contributed by atoms with Crippen molar-refractivity contribution in [2.45, 2.75) is 25.9 Å². The maximum atomic E-state index is 11.5. The summed E-state index contributed by atoms with van der Waals surface area (Å²) in [5, 5.41) is 0. The number of hydrogen-bond acceptors (Lipinski definition) is 4. The summed E-state index contributed by atoms with van der Waals surface area (Å²) in [5.74, 6) is 5.86. The SMILES string of the molecule is Cc1ccccc1OC1CCN(c2ccc(C(=O)NN)cc2)CC1. The molecule has 1 aliphatic rings. The van der Waals surface area contributed by atoms with Crippen molar-refractivity contribution in [2.75, 3.05) is 18.0 Å². The molecular weight excluding hydrogens is 302 g/mol. The van der Waals surface area contributed by atoms with Crippen molar-refractivity contribution < 1.29 is 9.53 Å². The van der Waals surface area contributed by atoms with Crippen molar-refractivity contribution in [3.63, 3.8) is 0 Å². The number of hydrogen-bond donors (Lipinski definition) is 2. The largest absolute Gasteiger partial charge is 0.490 e. The average molecular weight is 325 g/mol. The first kappa shape index (κ1) is 16.3. The number of carbonyl (C=O) groups excluding carboxylic acids is 1. The summed E-state index contributed by atoms with van der Waals surface area (Å²) >= 11 is 0. The number of aryl methyl sites for hydroxylation is 1.